The topological polar surface area (TPSA) is 123 Å². The van der Waals surface area contributed by atoms with Crippen LogP contribution in [0.2, 0.25) is 0 Å². The summed E-state index contributed by atoms with van der Waals surface area (Å²) in [7, 11) is -2.20. The van der Waals surface area contributed by atoms with Crippen molar-refractivity contribution in [3.05, 3.63) is 48.4 Å². The predicted molar refractivity (Wildman–Crippen MR) is 111 cm³/mol. The van der Waals surface area contributed by atoms with Crippen molar-refractivity contribution in [3.8, 4) is 23.3 Å². The van der Waals surface area contributed by atoms with Gasteiger partial charge in [-0.3, -0.25) is 4.57 Å². The van der Waals surface area contributed by atoms with Gasteiger partial charge in [-0.25, -0.2) is 28.1 Å². The number of nitrogens with one attached hydrogen (secondary N) is 1. The summed E-state index contributed by atoms with van der Waals surface area (Å²) in [6.45, 7) is 3.46. The van der Waals surface area contributed by atoms with Crippen molar-refractivity contribution in [1.82, 2.24) is 24.2 Å². The summed E-state index contributed by atoms with van der Waals surface area (Å²) in [5.74, 6) is 0.733. The summed E-state index contributed by atoms with van der Waals surface area (Å²) in [4.78, 5) is 12.9. The van der Waals surface area contributed by atoms with E-state index in [4.69, 9.17) is 4.74 Å². The second-order valence-corrected chi connectivity index (χ2v) is 8.60. The van der Waals surface area contributed by atoms with E-state index in [9.17, 15) is 13.7 Å². The lowest BCUT2D eigenvalue weighted by molar-refractivity contribution is 0.413. The fourth-order valence-electron chi connectivity index (χ4n) is 3.12. The summed E-state index contributed by atoms with van der Waals surface area (Å²) in [5, 5.41) is 10.5. The number of allylic oxidation sites excluding steroid dienone is 4. The highest BCUT2D eigenvalue weighted by atomic mass is 32.2. The fraction of sp³-hybridized carbons (Fsp3) is 0.200. The largest absolute Gasteiger partial charge is 0.495 e. The van der Waals surface area contributed by atoms with Crippen molar-refractivity contribution in [3.63, 3.8) is 0 Å². The second-order valence-electron chi connectivity index (χ2n) is 6.89. The number of ether oxygens (including phenoxy) is 1. The molecule has 0 bridgehead atoms. The third kappa shape index (κ3) is 3.24. The first-order chi connectivity index (χ1) is 14.4. The Morgan fingerprint density at radius 1 is 1.20 bits per heavy atom. The van der Waals surface area contributed by atoms with E-state index >= 15 is 0 Å². The van der Waals surface area contributed by atoms with Gasteiger partial charge in [0.2, 0.25) is 10.0 Å². The predicted octanol–water partition coefficient (Wildman–Crippen LogP) is 2.47. The van der Waals surface area contributed by atoms with Crippen LogP contribution in [0.5, 0.6) is 5.75 Å². The third-order valence-corrected chi connectivity index (χ3v) is 6.08. The van der Waals surface area contributed by atoms with Crippen molar-refractivity contribution in [1.29, 1.82) is 5.26 Å². The molecule has 0 amide bonds. The van der Waals surface area contributed by atoms with E-state index < -0.39 is 10.0 Å². The Kier molecular flexibility index (Phi) is 4.85. The average Bonchev–Trinajstić information content (AvgIpc) is 2.99. The standard InChI is InChI=1S/C20H18N6O3S/c1-12(2)25-30(27,28)15-10-22-19(23-11-15)18-17(8-21)16-7-14(29-3)9-24-20(16)26(18)13-5-4-6-13/h4-7,9-12,25H,1-3H3. The van der Waals surface area contributed by atoms with Gasteiger partial charge in [0.15, 0.2) is 5.82 Å². The van der Waals surface area contributed by atoms with Crippen molar-refractivity contribution in [2.75, 3.05) is 7.11 Å². The highest BCUT2D eigenvalue weighted by Gasteiger charge is 2.25. The molecule has 1 aliphatic carbocycles. The summed E-state index contributed by atoms with van der Waals surface area (Å²) in [6, 6.07) is 3.67. The van der Waals surface area contributed by atoms with Crippen molar-refractivity contribution in [2.24, 2.45) is 0 Å². The number of methoxy groups -OCH3 is 1. The highest BCUT2D eigenvalue weighted by molar-refractivity contribution is 7.89. The summed E-state index contributed by atoms with van der Waals surface area (Å²) in [6.07, 6.45) is 9.66. The molecule has 3 heterocycles. The first-order valence-electron chi connectivity index (χ1n) is 9.07. The lowest BCUT2D eigenvalue weighted by Crippen LogP contribution is -2.30. The number of nitriles is 1. The minimum Gasteiger partial charge on any atom is -0.495 e. The Hall–Kier alpha value is -3.55. The summed E-state index contributed by atoms with van der Waals surface area (Å²) < 4.78 is 34.2. The minimum absolute atomic E-state index is 0.0522. The summed E-state index contributed by atoms with van der Waals surface area (Å²) >= 11 is 0. The van der Waals surface area contributed by atoms with E-state index in [0.29, 0.717) is 28.0 Å². The average molecular weight is 422 g/mol. The number of fused-ring (bicyclic) bond motifs is 1. The van der Waals surface area contributed by atoms with Crippen LogP contribution >= 0.6 is 0 Å². The molecular formula is C20H18N6O3S. The normalized spacial score (nSPS) is 13.2. The molecule has 10 heteroatoms. The number of hydrogen-bond acceptors (Lipinski definition) is 7. The van der Waals surface area contributed by atoms with Crippen LogP contribution in [0, 0.1) is 11.3 Å². The van der Waals surface area contributed by atoms with Gasteiger partial charge in [-0.1, -0.05) is 6.08 Å². The van der Waals surface area contributed by atoms with Crippen LogP contribution in [-0.4, -0.2) is 41.1 Å². The molecule has 0 aromatic carbocycles. The Balaban J connectivity index is 1.91. The number of pyridine rings is 1. The minimum atomic E-state index is -3.73. The molecule has 0 atom stereocenters. The number of aromatic nitrogens is 4. The van der Waals surface area contributed by atoms with Gasteiger partial charge in [-0.15, -0.1) is 0 Å². The van der Waals surface area contributed by atoms with E-state index in [2.05, 4.69) is 25.7 Å². The second kappa shape index (κ2) is 7.37. The molecule has 0 saturated heterocycles. The zero-order valence-corrected chi connectivity index (χ0v) is 17.3. The molecule has 0 aliphatic heterocycles. The first-order valence-corrected chi connectivity index (χ1v) is 10.6. The van der Waals surface area contributed by atoms with Gasteiger partial charge in [0.05, 0.1) is 31.3 Å². The third-order valence-electron chi connectivity index (χ3n) is 4.46. The number of nitrogens with zero attached hydrogens (tertiary/aromatic N) is 5. The van der Waals surface area contributed by atoms with Crippen molar-refractivity contribution >= 4 is 26.8 Å². The molecule has 0 unspecified atom stereocenters. The quantitative estimate of drug-likeness (QED) is 0.647. The van der Waals surface area contributed by atoms with E-state index in [0.717, 1.165) is 5.70 Å². The maximum atomic E-state index is 12.4. The van der Waals surface area contributed by atoms with E-state index in [1.807, 2.05) is 18.2 Å². The number of hydrogen-bond donors (Lipinski definition) is 1. The Bertz CT molecular complexity index is 1350. The lowest BCUT2D eigenvalue weighted by atomic mass is 10.1. The van der Waals surface area contributed by atoms with Crippen LogP contribution in [0.4, 0.5) is 0 Å². The zero-order chi connectivity index (χ0) is 21.5. The van der Waals surface area contributed by atoms with Gasteiger partial charge in [0.1, 0.15) is 28.1 Å². The molecule has 0 radical (unpaired) electrons. The highest BCUT2D eigenvalue weighted by Crippen LogP contribution is 2.36. The molecule has 0 fully saturated rings. The SMILES string of the molecule is COc1cnc2c(c1)c(C#N)c(-c1ncc(S(=O)(=O)NC(C)C)cn1)n2C1=CC=C1. The Morgan fingerprint density at radius 3 is 2.43 bits per heavy atom. The maximum absolute atomic E-state index is 12.4. The fourth-order valence-corrected chi connectivity index (χ4v) is 4.26. The van der Waals surface area contributed by atoms with Gasteiger partial charge in [-0.05, 0) is 32.1 Å². The van der Waals surface area contributed by atoms with E-state index in [1.54, 1.807) is 30.7 Å². The number of rotatable bonds is 6. The smallest absolute Gasteiger partial charge is 0.243 e. The molecule has 9 nitrogen and oxygen atoms in total. The van der Waals surface area contributed by atoms with Crippen molar-refractivity contribution in [2.45, 2.75) is 24.8 Å². The molecule has 4 rings (SSSR count). The summed E-state index contributed by atoms with van der Waals surface area (Å²) in [5.41, 5.74) is 2.13. The Morgan fingerprint density at radius 2 is 1.90 bits per heavy atom. The van der Waals surface area contributed by atoms with Gasteiger partial charge in [0, 0.05) is 17.1 Å². The monoisotopic (exact) mass is 422 g/mol. The van der Waals surface area contributed by atoms with E-state index in [1.165, 1.54) is 19.5 Å². The van der Waals surface area contributed by atoms with Gasteiger partial charge in [0.25, 0.3) is 0 Å². The molecule has 3 aromatic rings. The first kappa shape index (κ1) is 19.8. The molecule has 152 valence electrons. The van der Waals surface area contributed by atoms with Crippen LogP contribution in [-0.2, 0) is 10.0 Å². The molecular weight excluding hydrogens is 404 g/mol. The molecule has 3 aromatic heterocycles. The van der Waals surface area contributed by atoms with E-state index in [-0.39, 0.29) is 16.8 Å². The molecule has 1 aliphatic rings. The van der Waals surface area contributed by atoms with Crippen LogP contribution in [0.25, 0.3) is 28.2 Å². The van der Waals surface area contributed by atoms with Crippen LogP contribution in [0.1, 0.15) is 19.4 Å². The van der Waals surface area contributed by atoms with Gasteiger partial charge in [-0.2, -0.15) is 5.26 Å². The maximum Gasteiger partial charge on any atom is 0.243 e. The Labute approximate surface area is 173 Å². The van der Waals surface area contributed by atoms with Crippen LogP contribution in [0.3, 0.4) is 0 Å². The molecule has 1 N–H and O–H groups in total. The number of sulfonamides is 1. The van der Waals surface area contributed by atoms with Gasteiger partial charge < -0.3 is 4.74 Å². The van der Waals surface area contributed by atoms with Crippen LogP contribution < -0.4 is 9.46 Å². The molecule has 0 saturated carbocycles. The van der Waals surface area contributed by atoms with Crippen LogP contribution in [0.15, 0.2) is 47.8 Å². The zero-order valence-electron chi connectivity index (χ0n) is 16.5. The molecule has 0 spiro atoms. The van der Waals surface area contributed by atoms with Gasteiger partial charge >= 0.3 is 0 Å². The van der Waals surface area contributed by atoms with Crippen molar-refractivity contribution < 1.29 is 13.2 Å². The lowest BCUT2D eigenvalue weighted by Gasteiger charge is -2.14. The molecule has 30 heavy (non-hydrogen) atoms.